The summed E-state index contributed by atoms with van der Waals surface area (Å²) in [4.78, 5) is 17.3. The van der Waals surface area contributed by atoms with Gasteiger partial charge < -0.3 is 9.84 Å². The molecule has 1 saturated carbocycles. The van der Waals surface area contributed by atoms with Crippen molar-refractivity contribution in [2.75, 3.05) is 11.6 Å². The van der Waals surface area contributed by atoms with Crippen LogP contribution in [0.25, 0.3) is 11.5 Å². The van der Waals surface area contributed by atoms with Crippen molar-refractivity contribution in [3.05, 3.63) is 92.4 Å². The lowest BCUT2D eigenvalue weighted by molar-refractivity contribution is -0.115. The Bertz CT molecular complexity index is 1650. The van der Waals surface area contributed by atoms with Gasteiger partial charge in [-0.15, -0.1) is 0 Å². The van der Waals surface area contributed by atoms with Gasteiger partial charge in [0.2, 0.25) is 5.91 Å². The van der Waals surface area contributed by atoms with Gasteiger partial charge in [0.05, 0.1) is 21.8 Å². The number of sulfone groups is 1. The minimum absolute atomic E-state index is 0.0318. The molecule has 1 aromatic heterocycles. The Morgan fingerprint density at radius 3 is 2.26 bits per heavy atom. The van der Waals surface area contributed by atoms with Crippen molar-refractivity contribution in [2.45, 2.75) is 29.6 Å². The molecule has 0 unspecified atom stereocenters. The highest BCUT2D eigenvalue weighted by molar-refractivity contribution is 7.90. The topological polar surface area (TPSA) is 102 Å². The van der Waals surface area contributed by atoms with E-state index in [-0.39, 0.29) is 28.1 Å². The average Bonchev–Trinajstić information content (AvgIpc) is 3.46. The molecule has 1 amide bonds. The van der Waals surface area contributed by atoms with Gasteiger partial charge in [0.1, 0.15) is 5.82 Å². The Labute approximate surface area is 232 Å². The van der Waals surface area contributed by atoms with Crippen molar-refractivity contribution in [2.24, 2.45) is 0 Å². The number of carbonyl (C=O) groups excluding carboxylic acids is 1. The molecule has 1 aliphatic rings. The van der Waals surface area contributed by atoms with Crippen LogP contribution in [0.5, 0.6) is 0 Å². The predicted octanol–water partition coefficient (Wildman–Crippen LogP) is 6.50. The molecule has 1 N–H and O–H groups in total. The molecule has 0 bridgehead atoms. The number of aromatic nitrogens is 2. The Hall–Kier alpha value is -2.98. The second-order valence-electron chi connectivity index (χ2n) is 9.09. The van der Waals surface area contributed by atoms with Gasteiger partial charge in [0.25, 0.3) is 5.89 Å². The smallest absolute Gasteiger partial charge is 0.258 e. The summed E-state index contributed by atoms with van der Waals surface area (Å²) in [5.41, 5.74) is 1.51. The van der Waals surface area contributed by atoms with Gasteiger partial charge >= 0.3 is 0 Å². The highest BCUT2D eigenvalue weighted by atomic mass is 35.5. The maximum absolute atomic E-state index is 13.5. The number of nitrogens with one attached hydrogen (secondary N) is 1. The standard InChI is InChI=1S/C26H19Cl3FN3O4S/c1-38(35,36)17-5-2-14(3-6-17)10-22(34)31-16-12-19(28)23(20(29)13-16)26(8-9-26)25-32-24(37-33-25)15-4-7-21(30)18(27)11-15/h2-7,11-13H,8-10H2,1H3,(H,31,34). The Kier molecular flexibility index (Phi) is 6.98. The third kappa shape index (κ3) is 5.29. The molecule has 0 radical (unpaired) electrons. The van der Waals surface area contributed by atoms with Crippen molar-refractivity contribution in [3.63, 3.8) is 0 Å². The zero-order valence-corrected chi connectivity index (χ0v) is 22.8. The molecule has 5 rings (SSSR count). The Balaban J connectivity index is 1.34. The number of hydrogen-bond acceptors (Lipinski definition) is 6. The molecule has 1 fully saturated rings. The fourth-order valence-corrected chi connectivity index (χ4v) is 5.88. The first-order valence-electron chi connectivity index (χ1n) is 11.3. The molecule has 0 aliphatic heterocycles. The van der Waals surface area contributed by atoms with Gasteiger partial charge in [-0.25, -0.2) is 12.8 Å². The van der Waals surface area contributed by atoms with E-state index in [4.69, 9.17) is 39.3 Å². The SMILES string of the molecule is CS(=O)(=O)c1ccc(CC(=O)Nc2cc(Cl)c(C3(c4noc(-c5ccc(F)c(Cl)c5)n4)CC3)c(Cl)c2)cc1. The van der Waals surface area contributed by atoms with Gasteiger partial charge in [-0.1, -0.05) is 52.1 Å². The Morgan fingerprint density at radius 1 is 1.03 bits per heavy atom. The van der Waals surface area contributed by atoms with Gasteiger partial charge in [0.15, 0.2) is 15.7 Å². The quantitative estimate of drug-likeness (QED) is 0.262. The molecule has 38 heavy (non-hydrogen) atoms. The summed E-state index contributed by atoms with van der Waals surface area (Å²) in [5, 5.41) is 7.51. The predicted molar refractivity (Wildman–Crippen MR) is 143 cm³/mol. The Morgan fingerprint density at radius 2 is 1.68 bits per heavy atom. The van der Waals surface area contributed by atoms with E-state index in [1.807, 2.05) is 0 Å². The first kappa shape index (κ1) is 26.6. The lowest BCUT2D eigenvalue weighted by Gasteiger charge is -2.17. The molecule has 196 valence electrons. The average molecular weight is 595 g/mol. The fraction of sp³-hybridized carbons (Fsp3) is 0.192. The first-order chi connectivity index (χ1) is 18.0. The number of rotatable bonds is 7. The normalized spacial score (nSPS) is 14.3. The van der Waals surface area contributed by atoms with Crippen LogP contribution in [0.15, 0.2) is 64.0 Å². The minimum Gasteiger partial charge on any atom is -0.334 e. The lowest BCUT2D eigenvalue weighted by atomic mass is 9.94. The van der Waals surface area contributed by atoms with Crippen LogP contribution in [0.3, 0.4) is 0 Å². The minimum atomic E-state index is -3.32. The van der Waals surface area contributed by atoms with Crippen LogP contribution in [-0.4, -0.2) is 30.7 Å². The fourth-order valence-electron chi connectivity index (χ4n) is 4.22. The highest BCUT2D eigenvalue weighted by Crippen LogP contribution is 2.57. The maximum Gasteiger partial charge on any atom is 0.258 e. The molecule has 0 saturated heterocycles. The van der Waals surface area contributed by atoms with Crippen LogP contribution in [0.1, 0.15) is 29.8 Å². The molecule has 1 heterocycles. The second-order valence-corrected chi connectivity index (χ2v) is 12.3. The largest absolute Gasteiger partial charge is 0.334 e. The van der Waals surface area contributed by atoms with Crippen LogP contribution in [0, 0.1) is 5.82 Å². The zero-order valence-electron chi connectivity index (χ0n) is 19.8. The molecule has 7 nitrogen and oxygen atoms in total. The summed E-state index contributed by atoms with van der Waals surface area (Å²) in [6.07, 6.45) is 2.52. The van der Waals surface area contributed by atoms with Crippen molar-refractivity contribution in [1.29, 1.82) is 0 Å². The molecule has 0 spiro atoms. The van der Waals surface area contributed by atoms with Crippen molar-refractivity contribution < 1.29 is 22.1 Å². The number of halogens is 4. The second kappa shape index (κ2) is 9.96. The van der Waals surface area contributed by atoms with Gasteiger partial charge in [-0.2, -0.15) is 4.98 Å². The summed E-state index contributed by atoms with van der Waals surface area (Å²) in [5.74, 6) is -0.289. The van der Waals surface area contributed by atoms with E-state index < -0.39 is 21.1 Å². The number of carbonyl (C=O) groups is 1. The zero-order chi connectivity index (χ0) is 27.2. The molecule has 4 aromatic rings. The van der Waals surface area contributed by atoms with Crippen LogP contribution < -0.4 is 5.32 Å². The molecular weight excluding hydrogens is 576 g/mol. The number of benzene rings is 3. The number of amides is 1. The van der Waals surface area contributed by atoms with Gasteiger partial charge in [-0.3, -0.25) is 4.79 Å². The number of hydrogen-bond donors (Lipinski definition) is 1. The third-order valence-corrected chi connectivity index (χ3v) is 8.31. The lowest BCUT2D eigenvalue weighted by Crippen LogP contribution is -2.16. The number of nitrogens with zero attached hydrogens (tertiary/aromatic N) is 2. The van der Waals surface area contributed by atoms with Gasteiger partial charge in [0, 0.05) is 33.1 Å². The van der Waals surface area contributed by atoms with E-state index in [0.29, 0.717) is 51.1 Å². The number of anilines is 1. The summed E-state index contributed by atoms with van der Waals surface area (Å²) in [6.45, 7) is 0. The monoisotopic (exact) mass is 593 g/mol. The van der Waals surface area contributed by atoms with E-state index in [1.54, 1.807) is 24.3 Å². The molecule has 12 heteroatoms. The molecule has 3 aromatic carbocycles. The third-order valence-electron chi connectivity index (χ3n) is 6.29. The van der Waals surface area contributed by atoms with E-state index >= 15 is 0 Å². The highest BCUT2D eigenvalue weighted by Gasteiger charge is 2.52. The summed E-state index contributed by atoms with van der Waals surface area (Å²) >= 11 is 19.2. The first-order valence-corrected chi connectivity index (χ1v) is 14.4. The molecule has 0 atom stereocenters. The van der Waals surface area contributed by atoms with Crippen LogP contribution in [-0.2, 0) is 26.5 Å². The van der Waals surface area contributed by atoms with E-state index in [9.17, 15) is 17.6 Å². The van der Waals surface area contributed by atoms with E-state index in [0.717, 1.165) is 6.26 Å². The van der Waals surface area contributed by atoms with Crippen molar-refractivity contribution in [1.82, 2.24) is 10.1 Å². The molecular formula is C26H19Cl3FN3O4S. The summed E-state index contributed by atoms with van der Waals surface area (Å²) in [6, 6.07) is 13.4. The summed E-state index contributed by atoms with van der Waals surface area (Å²) in [7, 11) is -3.32. The van der Waals surface area contributed by atoms with Gasteiger partial charge in [-0.05, 0) is 60.9 Å². The summed E-state index contributed by atoms with van der Waals surface area (Å²) < 4.78 is 42.2. The molecule has 1 aliphatic carbocycles. The maximum atomic E-state index is 13.5. The van der Waals surface area contributed by atoms with Crippen LogP contribution in [0.2, 0.25) is 15.1 Å². The van der Waals surface area contributed by atoms with Crippen LogP contribution >= 0.6 is 34.8 Å². The van der Waals surface area contributed by atoms with Crippen LogP contribution in [0.4, 0.5) is 10.1 Å². The van der Waals surface area contributed by atoms with E-state index in [1.165, 1.54) is 30.3 Å². The van der Waals surface area contributed by atoms with E-state index in [2.05, 4.69) is 15.5 Å². The van der Waals surface area contributed by atoms with Crippen molar-refractivity contribution in [3.8, 4) is 11.5 Å². The van der Waals surface area contributed by atoms with Crippen molar-refractivity contribution >= 4 is 56.2 Å².